The summed E-state index contributed by atoms with van der Waals surface area (Å²) in [7, 11) is 0. The molecule has 0 fully saturated rings. The predicted octanol–water partition coefficient (Wildman–Crippen LogP) is 10.8. The van der Waals surface area contributed by atoms with E-state index >= 15 is 0 Å². The van der Waals surface area contributed by atoms with Crippen LogP contribution in [0.4, 0.5) is 0 Å². The highest BCUT2D eigenvalue weighted by atomic mass is 16.2. The molecule has 2 N–H and O–H groups in total. The van der Waals surface area contributed by atoms with Crippen LogP contribution in [0.2, 0.25) is 0 Å². The van der Waals surface area contributed by atoms with Gasteiger partial charge in [0, 0.05) is 25.4 Å². The van der Waals surface area contributed by atoms with Crippen LogP contribution in [-0.2, 0) is 9.59 Å². The molecule has 0 aliphatic rings. The van der Waals surface area contributed by atoms with Gasteiger partial charge in [0.2, 0.25) is 11.8 Å². The molecule has 0 saturated carbocycles. The standard InChI is InChI=1S/C36H72N2O2/c1-5-7-9-11-13-15-17-19-21-23-25-30-35(39)37-32-28-27-29-34(33(3)4)38-36(40)31-26-24-22-20-18-16-14-12-10-8-6-2/h33-34H,5-32H2,1-4H3,(H,37,39)(H,38,40)/t34-/m0/s1. The highest BCUT2D eigenvalue weighted by molar-refractivity contribution is 5.76. The molecule has 0 rings (SSSR count). The highest BCUT2D eigenvalue weighted by Gasteiger charge is 2.15. The lowest BCUT2D eigenvalue weighted by Crippen LogP contribution is -2.38. The minimum absolute atomic E-state index is 0.205. The van der Waals surface area contributed by atoms with E-state index in [1.807, 2.05) is 0 Å². The fourth-order valence-corrected chi connectivity index (χ4v) is 5.56. The van der Waals surface area contributed by atoms with Crippen molar-refractivity contribution >= 4 is 11.8 Å². The zero-order valence-electron chi connectivity index (χ0n) is 27.8. The molecule has 0 aromatic carbocycles. The summed E-state index contributed by atoms with van der Waals surface area (Å²) in [5.41, 5.74) is 0. The average Bonchev–Trinajstić information content (AvgIpc) is 2.93. The Morgan fingerprint density at radius 2 is 0.850 bits per heavy atom. The summed E-state index contributed by atoms with van der Waals surface area (Å²) in [4.78, 5) is 24.6. The molecule has 0 spiro atoms. The lowest BCUT2D eigenvalue weighted by molar-refractivity contribution is -0.122. The zero-order chi connectivity index (χ0) is 29.5. The third-order valence-corrected chi connectivity index (χ3v) is 8.43. The first-order valence-corrected chi connectivity index (χ1v) is 18.1. The fraction of sp³-hybridized carbons (Fsp3) is 0.944. The van der Waals surface area contributed by atoms with Crippen LogP contribution in [0.5, 0.6) is 0 Å². The molecule has 0 aliphatic carbocycles. The molecule has 4 nitrogen and oxygen atoms in total. The monoisotopic (exact) mass is 565 g/mol. The van der Waals surface area contributed by atoms with Gasteiger partial charge in [-0.2, -0.15) is 0 Å². The minimum Gasteiger partial charge on any atom is -0.356 e. The van der Waals surface area contributed by atoms with Gasteiger partial charge in [-0.3, -0.25) is 9.59 Å². The molecule has 4 heteroatoms. The Morgan fingerprint density at radius 1 is 0.475 bits per heavy atom. The maximum atomic E-state index is 12.5. The first-order valence-electron chi connectivity index (χ1n) is 18.1. The lowest BCUT2D eigenvalue weighted by atomic mass is 9.98. The van der Waals surface area contributed by atoms with Gasteiger partial charge in [0.25, 0.3) is 0 Å². The van der Waals surface area contributed by atoms with Gasteiger partial charge in [-0.25, -0.2) is 0 Å². The van der Waals surface area contributed by atoms with Crippen LogP contribution in [0.3, 0.4) is 0 Å². The molecule has 0 aromatic rings. The van der Waals surface area contributed by atoms with Crippen molar-refractivity contribution in [2.24, 2.45) is 5.92 Å². The summed E-state index contributed by atoms with van der Waals surface area (Å²) >= 11 is 0. The third-order valence-electron chi connectivity index (χ3n) is 8.43. The quantitative estimate of drug-likeness (QED) is 0.0823. The van der Waals surface area contributed by atoms with Gasteiger partial charge in [0.1, 0.15) is 0 Å². The molecule has 0 aromatic heterocycles. The van der Waals surface area contributed by atoms with Crippen molar-refractivity contribution in [2.45, 2.75) is 207 Å². The van der Waals surface area contributed by atoms with Gasteiger partial charge >= 0.3 is 0 Å². The van der Waals surface area contributed by atoms with E-state index in [1.165, 1.54) is 128 Å². The molecular weight excluding hydrogens is 492 g/mol. The molecule has 0 saturated heterocycles. The largest absolute Gasteiger partial charge is 0.356 e. The smallest absolute Gasteiger partial charge is 0.220 e. The lowest BCUT2D eigenvalue weighted by Gasteiger charge is -2.22. The second-order valence-corrected chi connectivity index (χ2v) is 12.8. The number of amides is 2. The number of carbonyl (C=O) groups is 2. The van der Waals surface area contributed by atoms with E-state index in [2.05, 4.69) is 38.3 Å². The van der Waals surface area contributed by atoms with E-state index in [1.54, 1.807) is 0 Å². The maximum absolute atomic E-state index is 12.5. The van der Waals surface area contributed by atoms with Crippen molar-refractivity contribution in [3.05, 3.63) is 0 Å². The van der Waals surface area contributed by atoms with Crippen molar-refractivity contribution in [1.29, 1.82) is 0 Å². The number of rotatable bonds is 31. The molecule has 40 heavy (non-hydrogen) atoms. The van der Waals surface area contributed by atoms with Crippen LogP contribution in [0.25, 0.3) is 0 Å². The molecule has 238 valence electrons. The summed E-state index contributed by atoms with van der Waals surface area (Å²) in [6.45, 7) is 9.69. The normalized spacial score (nSPS) is 12.1. The Balaban J connectivity index is 3.64. The summed E-state index contributed by atoms with van der Waals surface area (Å²) in [6, 6.07) is 0.243. The van der Waals surface area contributed by atoms with Gasteiger partial charge in [-0.05, 0) is 38.0 Å². The van der Waals surface area contributed by atoms with E-state index < -0.39 is 0 Å². The maximum Gasteiger partial charge on any atom is 0.220 e. The zero-order valence-corrected chi connectivity index (χ0v) is 27.8. The highest BCUT2D eigenvalue weighted by Crippen LogP contribution is 2.14. The summed E-state index contributed by atoms with van der Waals surface area (Å²) < 4.78 is 0. The van der Waals surface area contributed by atoms with Crippen molar-refractivity contribution in [3.63, 3.8) is 0 Å². The number of hydrogen-bond acceptors (Lipinski definition) is 2. The van der Waals surface area contributed by atoms with Crippen LogP contribution in [0.1, 0.15) is 201 Å². The molecular formula is C36H72N2O2. The van der Waals surface area contributed by atoms with Crippen molar-refractivity contribution in [3.8, 4) is 0 Å². The number of nitrogens with one attached hydrogen (secondary N) is 2. The van der Waals surface area contributed by atoms with Crippen LogP contribution in [0.15, 0.2) is 0 Å². The van der Waals surface area contributed by atoms with Crippen LogP contribution in [-0.4, -0.2) is 24.4 Å². The Labute approximate surface area is 251 Å². The van der Waals surface area contributed by atoms with Crippen LogP contribution in [0, 0.1) is 5.92 Å². The summed E-state index contributed by atoms with van der Waals surface area (Å²) in [5.74, 6) is 0.864. The fourth-order valence-electron chi connectivity index (χ4n) is 5.56. The topological polar surface area (TPSA) is 58.2 Å². The van der Waals surface area contributed by atoms with Crippen molar-refractivity contribution in [1.82, 2.24) is 10.6 Å². The SMILES string of the molecule is CCCCCCCCCCCCCC(=O)NCCCC[C@H](NC(=O)CCCCCCCCCCCCC)C(C)C. The predicted molar refractivity (Wildman–Crippen MR) is 176 cm³/mol. The number of unbranched alkanes of at least 4 members (excludes halogenated alkanes) is 21. The first-order chi connectivity index (χ1) is 19.5. The van der Waals surface area contributed by atoms with E-state index in [-0.39, 0.29) is 17.9 Å². The molecule has 0 radical (unpaired) electrons. The van der Waals surface area contributed by atoms with E-state index in [9.17, 15) is 9.59 Å². The third kappa shape index (κ3) is 28.5. The number of carbonyl (C=O) groups excluding carboxylic acids is 2. The Kier molecular flexibility index (Phi) is 30.1. The van der Waals surface area contributed by atoms with Crippen LogP contribution >= 0.6 is 0 Å². The minimum atomic E-state index is 0.205. The average molecular weight is 565 g/mol. The first kappa shape index (κ1) is 38.9. The molecule has 2 amide bonds. The second kappa shape index (κ2) is 30.9. The van der Waals surface area contributed by atoms with E-state index in [0.717, 1.165) is 38.6 Å². The molecule has 1 atom stereocenters. The van der Waals surface area contributed by atoms with E-state index in [0.29, 0.717) is 18.8 Å². The van der Waals surface area contributed by atoms with Crippen molar-refractivity contribution < 1.29 is 9.59 Å². The molecule has 0 heterocycles. The van der Waals surface area contributed by atoms with Crippen molar-refractivity contribution in [2.75, 3.05) is 6.54 Å². The van der Waals surface area contributed by atoms with Gasteiger partial charge in [0.05, 0.1) is 0 Å². The second-order valence-electron chi connectivity index (χ2n) is 12.8. The molecule has 0 aliphatic heterocycles. The summed E-state index contributed by atoms with van der Waals surface area (Å²) in [5, 5.41) is 6.39. The van der Waals surface area contributed by atoms with Gasteiger partial charge in [0.15, 0.2) is 0 Å². The Bertz CT molecular complexity index is 549. The Morgan fingerprint density at radius 3 is 1.25 bits per heavy atom. The van der Waals surface area contributed by atoms with Gasteiger partial charge < -0.3 is 10.6 Å². The number of hydrogen-bond donors (Lipinski definition) is 2. The van der Waals surface area contributed by atoms with Crippen LogP contribution < -0.4 is 10.6 Å². The van der Waals surface area contributed by atoms with Gasteiger partial charge in [-0.15, -0.1) is 0 Å². The Hall–Kier alpha value is -1.06. The van der Waals surface area contributed by atoms with Gasteiger partial charge in [-0.1, -0.05) is 156 Å². The molecule has 0 unspecified atom stereocenters. The summed E-state index contributed by atoms with van der Waals surface area (Å²) in [6.07, 6.45) is 33.2. The van der Waals surface area contributed by atoms with E-state index in [4.69, 9.17) is 0 Å². The molecule has 0 bridgehead atoms.